The molecule has 2 aromatic rings. The maximum absolute atomic E-state index is 12.3. The van der Waals surface area contributed by atoms with Gasteiger partial charge in [0.1, 0.15) is 6.61 Å². The molecule has 0 radical (unpaired) electrons. The summed E-state index contributed by atoms with van der Waals surface area (Å²) in [6.45, 7) is 2.59. The van der Waals surface area contributed by atoms with E-state index in [1.807, 2.05) is 25.1 Å². The van der Waals surface area contributed by atoms with E-state index in [1.54, 1.807) is 19.5 Å². The van der Waals surface area contributed by atoms with E-state index in [0.717, 1.165) is 22.7 Å². The number of nitrogens with one attached hydrogen (secondary N) is 1. The van der Waals surface area contributed by atoms with E-state index in [-0.39, 0.29) is 11.8 Å². The molecule has 6 heteroatoms. The number of rotatable bonds is 4. The van der Waals surface area contributed by atoms with Crippen LogP contribution in [-0.2, 0) is 17.8 Å². The first-order valence-corrected chi connectivity index (χ1v) is 7.51. The Labute approximate surface area is 134 Å². The second kappa shape index (κ2) is 6.64. The van der Waals surface area contributed by atoms with Gasteiger partial charge >= 0.3 is 0 Å². The number of benzene rings is 1. The molecule has 3 rings (SSSR count). The molecule has 0 fully saturated rings. The highest BCUT2D eigenvalue weighted by molar-refractivity contribution is 5.79. The van der Waals surface area contributed by atoms with Crippen LogP contribution in [0.15, 0.2) is 30.6 Å². The third-order valence-electron chi connectivity index (χ3n) is 3.82. The fourth-order valence-electron chi connectivity index (χ4n) is 2.56. The third kappa shape index (κ3) is 3.41. The number of aromatic nitrogens is 2. The van der Waals surface area contributed by atoms with E-state index >= 15 is 0 Å². The summed E-state index contributed by atoms with van der Waals surface area (Å²) < 4.78 is 11.0. The van der Waals surface area contributed by atoms with Gasteiger partial charge in [0.25, 0.3) is 0 Å². The SMILES string of the molecule is COc1cccc2c1OCC(C(=O)NCc1cnc(C)cn1)C2. The van der Waals surface area contributed by atoms with Gasteiger partial charge in [-0.3, -0.25) is 14.8 Å². The van der Waals surface area contributed by atoms with Crippen molar-refractivity contribution in [3.8, 4) is 11.5 Å². The molecule has 1 atom stereocenters. The lowest BCUT2D eigenvalue weighted by atomic mass is 9.95. The van der Waals surface area contributed by atoms with E-state index in [2.05, 4.69) is 15.3 Å². The Balaban J connectivity index is 1.61. The number of carbonyl (C=O) groups excluding carboxylic acids is 1. The van der Waals surface area contributed by atoms with Crippen LogP contribution < -0.4 is 14.8 Å². The van der Waals surface area contributed by atoms with Crippen molar-refractivity contribution in [1.82, 2.24) is 15.3 Å². The molecule has 0 spiro atoms. The lowest BCUT2D eigenvalue weighted by Gasteiger charge is -2.25. The van der Waals surface area contributed by atoms with E-state index in [0.29, 0.717) is 25.3 Å². The Kier molecular flexibility index (Phi) is 4.41. The topological polar surface area (TPSA) is 73.3 Å². The molecule has 23 heavy (non-hydrogen) atoms. The molecule has 1 amide bonds. The van der Waals surface area contributed by atoms with Crippen LogP contribution in [0.5, 0.6) is 11.5 Å². The van der Waals surface area contributed by atoms with Crippen LogP contribution in [-0.4, -0.2) is 29.6 Å². The smallest absolute Gasteiger partial charge is 0.227 e. The Bertz CT molecular complexity index is 701. The lowest BCUT2D eigenvalue weighted by molar-refractivity contribution is -0.126. The first kappa shape index (κ1) is 15.3. The second-order valence-corrected chi connectivity index (χ2v) is 5.53. The van der Waals surface area contributed by atoms with Crippen molar-refractivity contribution in [1.29, 1.82) is 0 Å². The molecular formula is C17H19N3O3. The van der Waals surface area contributed by atoms with Crippen molar-refractivity contribution in [2.24, 2.45) is 5.92 Å². The molecule has 2 heterocycles. The van der Waals surface area contributed by atoms with Crippen LogP contribution in [0.1, 0.15) is 17.0 Å². The van der Waals surface area contributed by atoms with Crippen LogP contribution in [0.2, 0.25) is 0 Å². The Morgan fingerprint density at radius 2 is 2.26 bits per heavy atom. The van der Waals surface area contributed by atoms with Gasteiger partial charge < -0.3 is 14.8 Å². The maximum Gasteiger partial charge on any atom is 0.227 e. The Morgan fingerprint density at radius 3 is 3.00 bits per heavy atom. The highest BCUT2D eigenvalue weighted by Crippen LogP contribution is 2.35. The predicted molar refractivity (Wildman–Crippen MR) is 84.3 cm³/mol. The molecule has 0 aliphatic carbocycles. The number of nitrogens with zero attached hydrogens (tertiary/aromatic N) is 2. The number of aryl methyl sites for hydroxylation is 1. The van der Waals surface area contributed by atoms with Gasteiger partial charge in [-0.25, -0.2) is 0 Å². The summed E-state index contributed by atoms with van der Waals surface area (Å²) in [6.07, 6.45) is 4.00. The van der Waals surface area contributed by atoms with Crippen molar-refractivity contribution in [3.05, 3.63) is 47.5 Å². The van der Waals surface area contributed by atoms with Gasteiger partial charge in [-0.05, 0) is 25.0 Å². The van der Waals surface area contributed by atoms with E-state index in [4.69, 9.17) is 9.47 Å². The number of para-hydroxylation sites is 1. The van der Waals surface area contributed by atoms with Crippen LogP contribution in [0.25, 0.3) is 0 Å². The summed E-state index contributed by atoms with van der Waals surface area (Å²) in [6, 6.07) is 5.72. The molecule has 1 aliphatic heterocycles. The van der Waals surface area contributed by atoms with Gasteiger partial charge in [-0.1, -0.05) is 12.1 Å². The minimum Gasteiger partial charge on any atom is -0.493 e. The number of carbonyl (C=O) groups is 1. The average Bonchev–Trinajstić information content (AvgIpc) is 2.60. The number of fused-ring (bicyclic) bond motifs is 1. The predicted octanol–water partition coefficient (Wildman–Crippen LogP) is 1.66. The largest absolute Gasteiger partial charge is 0.493 e. The fourth-order valence-corrected chi connectivity index (χ4v) is 2.56. The van der Waals surface area contributed by atoms with Gasteiger partial charge in [-0.2, -0.15) is 0 Å². The molecule has 1 aromatic heterocycles. The minimum absolute atomic E-state index is 0.0409. The molecule has 1 aromatic carbocycles. The molecule has 1 N–H and O–H groups in total. The van der Waals surface area contributed by atoms with Crippen LogP contribution in [0.3, 0.4) is 0 Å². The molecule has 1 unspecified atom stereocenters. The number of amides is 1. The minimum atomic E-state index is -0.215. The molecule has 0 saturated heterocycles. The monoisotopic (exact) mass is 313 g/mol. The van der Waals surface area contributed by atoms with Gasteiger partial charge in [0, 0.05) is 6.20 Å². The zero-order valence-electron chi connectivity index (χ0n) is 13.2. The van der Waals surface area contributed by atoms with Crippen molar-refractivity contribution in [2.75, 3.05) is 13.7 Å². The highest BCUT2D eigenvalue weighted by Gasteiger charge is 2.27. The zero-order chi connectivity index (χ0) is 16.2. The quantitative estimate of drug-likeness (QED) is 0.929. The molecule has 0 saturated carbocycles. The summed E-state index contributed by atoms with van der Waals surface area (Å²) in [4.78, 5) is 20.7. The number of methoxy groups -OCH3 is 1. The molecular weight excluding hydrogens is 294 g/mol. The molecule has 120 valence electrons. The van der Waals surface area contributed by atoms with Crippen molar-refractivity contribution < 1.29 is 14.3 Å². The first-order valence-electron chi connectivity index (χ1n) is 7.51. The maximum atomic E-state index is 12.3. The molecule has 0 bridgehead atoms. The highest BCUT2D eigenvalue weighted by atomic mass is 16.5. The zero-order valence-corrected chi connectivity index (χ0v) is 13.2. The van der Waals surface area contributed by atoms with Crippen LogP contribution in [0, 0.1) is 12.8 Å². The summed E-state index contributed by atoms with van der Waals surface area (Å²) in [7, 11) is 1.61. The standard InChI is InChI=1S/C17H19N3O3/c1-11-7-19-14(8-18-11)9-20-17(21)13-6-12-4-3-5-15(22-2)16(12)23-10-13/h3-5,7-8,13H,6,9-10H2,1-2H3,(H,20,21). The molecule has 6 nitrogen and oxygen atoms in total. The van der Waals surface area contributed by atoms with E-state index in [1.165, 1.54) is 0 Å². The van der Waals surface area contributed by atoms with Gasteiger partial charge in [0.2, 0.25) is 5.91 Å². The summed E-state index contributed by atoms with van der Waals surface area (Å²) in [5.41, 5.74) is 2.58. The number of hydrogen-bond acceptors (Lipinski definition) is 5. The van der Waals surface area contributed by atoms with Crippen molar-refractivity contribution in [2.45, 2.75) is 19.9 Å². The van der Waals surface area contributed by atoms with E-state index < -0.39 is 0 Å². The van der Waals surface area contributed by atoms with E-state index in [9.17, 15) is 4.79 Å². The normalized spacial score (nSPS) is 16.2. The lowest BCUT2D eigenvalue weighted by Crippen LogP contribution is -2.37. The van der Waals surface area contributed by atoms with Crippen molar-refractivity contribution in [3.63, 3.8) is 0 Å². The number of hydrogen-bond donors (Lipinski definition) is 1. The van der Waals surface area contributed by atoms with Gasteiger partial charge in [0.15, 0.2) is 11.5 Å². The summed E-state index contributed by atoms with van der Waals surface area (Å²) >= 11 is 0. The Morgan fingerprint density at radius 1 is 1.39 bits per heavy atom. The fraction of sp³-hybridized carbons (Fsp3) is 0.353. The van der Waals surface area contributed by atoms with Gasteiger partial charge in [0.05, 0.1) is 37.2 Å². The van der Waals surface area contributed by atoms with Crippen LogP contribution in [0.4, 0.5) is 0 Å². The number of ether oxygens (including phenoxy) is 2. The Hall–Kier alpha value is -2.63. The van der Waals surface area contributed by atoms with Gasteiger partial charge in [-0.15, -0.1) is 0 Å². The second-order valence-electron chi connectivity index (χ2n) is 5.53. The average molecular weight is 313 g/mol. The van der Waals surface area contributed by atoms with Crippen LogP contribution >= 0.6 is 0 Å². The first-order chi connectivity index (χ1) is 11.2. The van der Waals surface area contributed by atoms with Crippen molar-refractivity contribution >= 4 is 5.91 Å². The third-order valence-corrected chi connectivity index (χ3v) is 3.82. The summed E-state index contributed by atoms with van der Waals surface area (Å²) in [5, 5.41) is 2.89. The summed E-state index contributed by atoms with van der Waals surface area (Å²) in [5.74, 6) is 1.19. The molecule has 1 aliphatic rings.